The summed E-state index contributed by atoms with van der Waals surface area (Å²) in [5.74, 6) is 0.106. The van der Waals surface area contributed by atoms with E-state index in [-0.39, 0.29) is 11.9 Å². The molecule has 0 saturated carbocycles. The van der Waals surface area contributed by atoms with Gasteiger partial charge in [0.2, 0.25) is 5.91 Å². The normalized spacial score (nSPS) is 27.4. The molecule has 1 unspecified atom stereocenters. The van der Waals surface area contributed by atoms with Crippen LogP contribution in [0, 0.1) is 0 Å². The molecule has 2 aliphatic heterocycles. The summed E-state index contributed by atoms with van der Waals surface area (Å²) in [7, 11) is 0. The third kappa shape index (κ3) is 3.43. The van der Waals surface area contributed by atoms with Crippen LogP contribution in [0.1, 0.15) is 26.2 Å². The van der Waals surface area contributed by atoms with Crippen molar-refractivity contribution in [3.8, 4) is 0 Å². The number of amides is 1. The Kier molecular flexibility index (Phi) is 4.97. The Morgan fingerprint density at radius 2 is 2.11 bits per heavy atom. The van der Waals surface area contributed by atoms with Crippen LogP contribution in [0.5, 0.6) is 0 Å². The third-order valence-corrected chi connectivity index (χ3v) is 3.93. The lowest BCUT2D eigenvalue weighted by Gasteiger charge is -2.36. The zero-order chi connectivity index (χ0) is 13.0. The van der Waals surface area contributed by atoms with Crippen molar-refractivity contribution in [2.45, 2.75) is 38.3 Å². The SMILES string of the molecule is CC[C@@H](N)C(=O)N1CCN(CC2CCCO2)CC1. The highest BCUT2D eigenvalue weighted by Gasteiger charge is 2.26. The van der Waals surface area contributed by atoms with Gasteiger partial charge in [0, 0.05) is 39.3 Å². The first kappa shape index (κ1) is 13.8. The maximum atomic E-state index is 11.9. The van der Waals surface area contributed by atoms with Gasteiger partial charge in [0.25, 0.3) is 0 Å². The first-order valence-electron chi connectivity index (χ1n) is 7.09. The average Bonchev–Trinajstić information content (AvgIpc) is 2.91. The Morgan fingerprint density at radius 3 is 2.67 bits per heavy atom. The molecule has 5 nitrogen and oxygen atoms in total. The molecule has 0 bridgehead atoms. The van der Waals surface area contributed by atoms with Crippen molar-refractivity contribution in [3.63, 3.8) is 0 Å². The molecule has 2 rings (SSSR count). The van der Waals surface area contributed by atoms with Gasteiger partial charge in [-0.2, -0.15) is 0 Å². The van der Waals surface area contributed by atoms with E-state index in [0.29, 0.717) is 6.10 Å². The molecular weight excluding hydrogens is 230 g/mol. The molecule has 2 atom stereocenters. The largest absolute Gasteiger partial charge is 0.377 e. The molecule has 2 aliphatic rings. The molecule has 2 N–H and O–H groups in total. The fraction of sp³-hybridized carbons (Fsp3) is 0.923. The summed E-state index contributed by atoms with van der Waals surface area (Å²) >= 11 is 0. The number of hydrogen-bond acceptors (Lipinski definition) is 4. The third-order valence-electron chi connectivity index (χ3n) is 3.93. The molecule has 0 aromatic heterocycles. The van der Waals surface area contributed by atoms with Crippen LogP contribution in [0.15, 0.2) is 0 Å². The minimum Gasteiger partial charge on any atom is -0.377 e. The van der Waals surface area contributed by atoms with Crippen LogP contribution in [0.2, 0.25) is 0 Å². The van der Waals surface area contributed by atoms with Crippen LogP contribution in [0.3, 0.4) is 0 Å². The molecule has 0 aliphatic carbocycles. The Balaban J connectivity index is 1.72. The van der Waals surface area contributed by atoms with Crippen LogP contribution < -0.4 is 5.73 Å². The second kappa shape index (κ2) is 6.50. The van der Waals surface area contributed by atoms with E-state index in [9.17, 15) is 4.79 Å². The highest BCUT2D eigenvalue weighted by molar-refractivity contribution is 5.81. The average molecular weight is 255 g/mol. The fourth-order valence-corrected chi connectivity index (χ4v) is 2.64. The highest BCUT2D eigenvalue weighted by atomic mass is 16.5. The van der Waals surface area contributed by atoms with Gasteiger partial charge in [-0.15, -0.1) is 0 Å². The lowest BCUT2D eigenvalue weighted by molar-refractivity contribution is -0.134. The van der Waals surface area contributed by atoms with E-state index in [0.717, 1.165) is 45.8 Å². The smallest absolute Gasteiger partial charge is 0.239 e. The van der Waals surface area contributed by atoms with E-state index in [1.807, 2.05) is 11.8 Å². The van der Waals surface area contributed by atoms with Crippen molar-refractivity contribution in [3.05, 3.63) is 0 Å². The van der Waals surface area contributed by atoms with Gasteiger partial charge in [-0.05, 0) is 19.3 Å². The summed E-state index contributed by atoms with van der Waals surface area (Å²) in [6, 6.07) is -0.324. The maximum Gasteiger partial charge on any atom is 0.239 e. The van der Waals surface area contributed by atoms with Crippen molar-refractivity contribution in [2.24, 2.45) is 5.73 Å². The quantitative estimate of drug-likeness (QED) is 0.771. The standard InChI is InChI=1S/C13H25N3O2/c1-2-12(14)13(17)16-7-5-15(6-8-16)10-11-4-3-9-18-11/h11-12H,2-10,14H2,1H3/t11?,12-/m1/s1. The number of hydrogen-bond donors (Lipinski definition) is 1. The van der Waals surface area contributed by atoms with Crippen LogP contribution in [0.4, 0.5) is 0 Å². The summed E-state index contributed by atoms with van der Waals surface area (Å²) in [6.45, 7) is 7.38. The molecule has 0 aromatic carbocycles. The number of nitrogens with two attached hydrogens (primary N) is 1. The molecule has 0 aromatic rings. The van der Waals surface area contributed by atoms with Gasteiger partial charge in [0.15, 0.2) is 0 Å². The van der Waals surface area contributed by atoms with Gasteiger partial charge >= 0.3 is 0 Å². The molecule has 2 heterocycles. The van der Waals surface area contributed by atoms with E-state index in [1.54, 1.807) is 0 Å². The lowest BCUT2D eigenvalue weighted by Crippen LogP contribution is -2.54. The zero-order valence-electron chi connectivity index (χ0n) is 11.3. The molecule has 18 heavy (non-hydrogen) atoms. The molecule has 2 saturated heterocycles. The number of ether oxygens (including phenoxy) is 1. The van der Waals surface area contributed by atoms with Crippen molar-refractivity contribution in [1.82, 2.24) is 9.80 Å². The Morgan fingerprint density at radius 1 is 1.39 bits per heavy atom. The fourth-order valence-electron chi connectivity index (χ4n) is 2.64. The van der Waals surface area contributed by atoms with E-state index < -0.39 is 0 Å². The van der Waals surface area contributed by atoms with Gasteiger partial charge in [0.1, 0.15) is 0 Å². The van der Waals surface area contributed by atoms with E-state index in [4.69, 9.17) is 10.5 Å². The number of rotatable bonds is 4. The summed E-state index contributed by atoms with van der Waals surface area (Å²) in [4.78, 5) is 16.2. The summed E-state index contributed by atoms with van der Waals surface area (Å²) < 4.78 is 5.64. The number of piperazine rings is 1. The predicted molar refractivity (Wildman–Crippen MR) is 70.3 cm³/mol. The summed E-state index contributed by atoms with van der Waals surface area (Å²) in [5.41, 5.74) is 5.79. The topological polar surface area (TPSA) is 58.8 Å². The van der Waals surface area contributed by atoms with E-state index >= 15 is 0 Å². The van der Waals surface area contributed by atoms with E-state index in [2.05, 4.69) is 4.90 Å². The van der Waals surface area contributed by atoms with Gasteiger partial charge in [-0.3, -0.25) is 9.69 Å². The van der Waals surface area contributed by atoms with Gasteiger partial charge in [0.05, 0.1) is 12.1 Å². The summed E-state index contributed by atoms with van der Waals surface area (Å²) in [5, 5.41) is 0. The number of carbonyl (C=O) groups is 1. The van der Waals surface area contributed by atoms with Crippen LogP contribution in [-0.2, 0) is 9.53 Å². The number of carbonyl (C=O) groups excluding carboxylic acids is 1. The molecule has 0 radical (unpaired) electrons. The first-order chi connectivity index (χ1) is 8.70. The first-order valence-corrected chi connectivity index (χ1v) is 7.09. The minimum atomic E-state index is -0.324. The summed E-state index contributed by atoms with van der Waals surface area (Å²) in [6.07, 6.45) is 3.49. The van der Waals surface area contributed by atoms with Crippen molar-refractivity contribution in [1.29, 1.82) is 0 Å². The molecular formula is C13H25N3O2. The highest BCUT2D eigenvalue weighted by Crippen LogP contribution is 2.14. The van der Waals surface area contributed by atoms with Crippen molar-refractivity contribution < 1.29 is 9.53 Å². The molecule has 2 fully saturated rings. The second-order valence-corrected chi connectivity index (χ2v) is 5.28. The van der Waals surface area contributed by atoms with Gasteiger partial charge in [-0.1, -0.05) is 6.92 Å². The van der Waals surface area contributed by atoms with Crippen LogP contribution in [-0.4, -0.2) is 67.2 Å². The Labute approximate surface area is 109 Å². The predicted octanol–water partition coefficient (Wildman–Crippen LogP) is 0.0469. The maximum absolute atomic E-state index is 11.9. The van der Waals surface area contributed by atoms with Crippen molar-refractivity contribution in [2.75, 3.05) is 39.3 Å². The van der Waals surface area contributed by atoms with Gasteiger partial charge < -0.3 is 15.4 Å². The second-order valence-electron chi connectivity index (χ2n) is 5.28. The molecule has 1 amide bonds. The molecule has 104 valence electrons. The van der Waals surface area contributed by atoms with Crippen LogP contribution in [0.25, 0.3) is 0 Å². The monoisotopic (exact) mass is 255 g/mol. The Bertz CT molecular complexity index is 271. The Hall–Kier alpha value is -0.650. The minimum absolute atomic E-state index is 0.106. The van der Waals surface area contributed by atoms with E-state index in [1.165, 1.54) is 12.8 Å². The van der Waals surface area contributed by atoms with Crippen LogP contribution >= 0.6 is 0 Å². The number of nitrogens with zero attached hydrogens (tertiary/aromatic N) is 2. The lowest BCUT2D eigenvalue weighted by atomic mass is 10.1. The van der Waals surface area contributed by atoms with Crippen molar-refractivity contribution >= 4 is 5.91 Å². The van der Waals surface area contributed by atoms with Gasteiger partial charge in [-0.25, -0.2) is 0 Å². The molecule has 0 spiro atoms. The zero-order valence-corrected chi connectivity index (χ0v) is 11.3. The molecule has 5 heteroatoms.